The van der Waals surface area contributed by atoms with E-state index in [9.17, 15) is 18.0 Å². The first-order valence-electron chi connectivity index (χ1n) is 5.41. The van der Waals surface area contributed by atoms with Gasteiger partial charge < -0.3 is 10.2 Å². The van der Waals surface area contributed by atoms with E-state index in [0.29, 0.717) is 6.07 Å². The summed E-state index contributed by atoms with van der Waals surface area (Å²) in [7, 11) is 3.19. The van der Waals surface area contributed by atoms with Crippen molar-refractivity contribution >= 4 is 5.91 Å². The Kier molecular flexibility index (Phi) is 4.72. The molecule has 0 aliphatic rings. The van der Waals surface area contributed by atoms with Gasteiger partial charge in [-0.3, -0.25) is 4.79 Å². The molecule has 0 saturated heterocycles. The SMILES string of the molecule is CC(NCc1cc(F)c(F)cc1F)C(=O)N(C)C. The number of hydrogen-bond donors (Lipinski definition) is 1. The zero-order valence-corrected chi connectivity index (χ0v) is 10.4. The monoisotopic (exact) mass is 260 g/mol. The topological polar surface area (TPSA) is 32.3 Å². The Morgan fingerprint density at radius 2 is 1.78 bits per heavy atom. The Morgan fingerprint density at radius 3 is 2.33 bits per heavy atom. The molecule has 0 fully saturated rings. The summed E-state index contributed by atoms with van der Waals surface area (Å²) in [6.45, 7) is 1.56. The van der Waals surface area contributed by atoms with Crippen LogP contribution in [0.15, 0.2) is 12.1 Å². The van der Waals surface area contributed by atoms with Crippen LogP contribution in [-0.2, 0) is 11.3 Å². The lowest BCUT2D eigenvalue weighted by Crippen LogP contribution is -2.41. The van der Waals surface area contributed by atoms with Crippen molar-refractivity contribution in [2.45, 2.75) is 19.5 Å². The lowest BCUT2D eigenvalue weighted by molar-refractivity contribution is -0.130. The smallest absolute Gasteiger partial charge is 0.238 e. The van der Waals surface area contributed by atoms with Crippen molar-refractivity contribution in [3.63, 3.8) is 0 Å². The average Bonchev–Trinajstić information content (AvgIpc) is 2.30. The van der Waals surface area contributed by atoms with E-state index in [4.69, 9.17) is 0 Å². The third-order valence-electron chi connectivity index (χ3n) is 2.50. The number of nitrogens with zero attached hydrogens (tertiary/aromatic N) is 1. The molecule has 1 unspecified atom stereocenters. The minimum absolute atomic E-state index is 0.0210. The second-order valence-corrected chi connectivity index (χ2v) is 4.19. The van der Waals surface area contributed by atoms with Gasteiger partial charge in [0.25, 0.3) is 0 Å². The molecule has 1 aromatic rings. The number of carbonyl (C=O) groups is 1. The fraction of sp³-hybridized carbons (Fsp3) is 0.417. The maximum Gasteiger partial charge on any atom is 0.238 e. The highest BCUT2D eigenvalue weighted by atomic mass is 19.2. The molecule has 0 aromatic heterocycles. The Balaban J connectivity index is 2.69. The Hall–Kier alpha value is -1.56. The number of rotatable bonds is 4. The second-order valence-electron chi connectivity index (χ2n) is 4.19. The largest absolute Gasteiger partial charge is 0.347 e. The van der Waals surface area contributed by atoms with Crippen LogP contribution < -0.4 is 5.32 Å². The highest BCUT2D eigenvalue weighted by molar-refractivity contribution is 5.80. The van der Waals surface area contributed by atoms with Crippen molar-refractivity contribution in [2.24, 2.45) is 0 Å². The maximum atomic E-state index is 13.3. The molecule has 0 saturated carbocycles. The predicted octanol–water partition coefficient (Wildman–Crippen LogP) is 1.67. The van der Waals surface area contributed by atoms with Crippen molar-refractivity contribution < 1.29 is 18.0 Å². The summed E-state index contributed by atoms with van der Waals surface area (Å²) < 4.78 is 38.9. The molecule has 0 heterocycles. The first-order chi connectivity index (χ1) is 8.32. The molecule has 1 aromatic carbocycles. The van der Waals surface area contributed by atoms with Gasteiger partial charge in [-0.2, -0.15) is 0 Å². The van der Waals surface area contributed by atoms with Crippen molar-refractivity contribution in [3.8, 4) is 0 Å². The van der Waals surface area contributed by atoms with Crippen LogP contribution >= 0.6 is 0 Å². The molecule has 0 aliphatic carbocycles. The van der Waals surface area contributed by atoms with Crippen LogP contribution in [0.3, 0.4) is 0 Å². The van der Waals surface area contributed by atoms with Gasteiger partial charge in [-0.15, -0.1) is 0 Å². The molecule has 1 N–H and O–H groups in total. The first-order valence-corrected chi connectivity index (χ1v) is 5.41. The molecule has 1 rings (SSSR count). The Bertz CT molecular complexity index is 449. The summed E-state index contributed by atoms with van der Waals surface area (Å²) in [5.41, 5.74) is -0.0210. The van der Waals surface area contributed by atoms with Crippen molar-refractivity contribution in [2.75, 3.05) is 14.1 Å². The molecule has 6 heteroatoms. The summed E-state index contributed by atoms with van der Waals surface area (Å²) in [5.74, 6) is -3.36. The van der Waals surface area contributed by atoms with Gasteiger partial charge in [-0.1, -0.05) is 0 Å². The molecule has 1 atom stereocenters. The molecule has 1 amide bonds. The van der Waals surface area contributed by atoms with Crippen LogP contribution in [0.1, 0.15) is 12.5 Å². The van der Waals surface area contributed by atoms with Gasteiger partial charge in [0.1, 0.15) is 5.82 Å². The van der Waals surface area contributed by atoms with Crippen LogP contribution in [-0.4, -0.2) is 30.9 Å². The van der Waals surface area contributed by atoms with Gasteiger partial charge in [0.05, 0.1) is 6.04 Å². The molecular formula is C12H15F3N2O. The summed E-state index contributed by atoms with van der Waals surface area (Å²) >= 11 is 0. The maximum absolute atomic E-state index is 13.3. The van der Waals surface area contributed by atoms with E-state index in [1.165, 1.54) is 4.90 Å². The quantitative estimate of drug-likeness (QED) is 0.835. The van der Waals surface area contributed by atoms with Gasteiger partial charge in [0.15, 0.2) is 11.6 Å². The number of benzene rings is 1. The van der Waals surface area contributed by atoms with Crippen LogP contribution in [0.25, 0.3) is 0 Å². The standard InChI is InChI=1S/C12H15F3N2O/c1-7(12(18)17(2)3)16-6-8-4-10(14)11(15)5-9(8)13/h4-5,7,16H,6H2,1-3H3. The number of carbonyl (C=O) groups excluding carboxylic acids is 1. The van der Waals surface area contributed by atoms with Crippen LogP contribution in [0.2, 0.25) is 0 Å². The molecule has 3 nitrogen and oxygen atoms in total. The molecule has 100 valence electrons. The van der Waals surface area contributed by atoms with E-state index in [-0.39, 0.29) is 18.0 Å². The number of likely N-dealkylation sites (N-methyl/N-ethyl adjacent to an activating group) is 1. The molecule has 18 heavy (non-hydrogen) atoms. The van der Waals surface area contributed by atoms with Gasteiger partial charge >= 0.3 is 0 Å². The van der Waals surface area contributed by atoms with Crippen molar-refractivity contribution in [1.29, 1.82) is 0 Å². The highest BCUT2D eigenvalue weighted by Crippen LogP contribution is 2.13. The summed E-state index contributed by atoms with van der Waals surface area (Å²) in [4.78, 5) is 12.9. The Morgan fingerprint density at radius 1 is 1.22 bits per heavy atom. The van der Waals surface area contributed by atoms with E-state index in [1.54, 1.807) is 21.0 Å². The minimum Gasteiger partial charge on any atom is -0.347 e. The summed E-state index contributed by atoms with van der Waals surface area (Å²) in [6, 6.07) is 0.738. The van der Waals surface area contributed by atoms with Crippen LogP contribution in [0.5, 0.6) is 0 Å². The molecule has 0 aliphatic heterocycles. The zero-order valence-electron chi connectivity index (χ0n) is 10.4. The van der Waals surface area contributed by atoms with Crippen molar-refractivity contribution in [1.82, 2.24) is 10.2 Å². The van der Waals surface area contributed by atoms with E-state index < -0.39 is 23.5 Å². The van der Waals surface area contributed by atoms with Gasteiger partial charge in [0, 0.05) is 32.3 Å². The fourth-order valence-electron chi connectivity index (χ4n) is 1.44. The van der Waals surface area contributed by atoms with Gasteiger partial charge in [-0.25, -0.2) is 13.2 Å². The zero-order chi connectivity index (χ0) is 13.9. The number of nitrogens with one attached hydrogen (secondary N) is 1. The van der Waals surface area contributed by atoms with E-state index >= 15 is 0 Å². The van der Waals surface area contributed by atoms with Gasteiger partial charge in [0.2, 0.25) is 5.91 Å². The van der Waals surface area contributed by atoms with Crippen molar-refractivity contribution in [3.05, 3.63) is 35.1 Å². The van der Waals surface area contributed by atoms with Crippen LogP contribution in [0, 0.1) is 17.5 Å². The van der Waals surface area contributed by atoms with E-state index in [2.05, 4.69) is 5.32 Å². The summed E-state index contributed by atoms with van der Waals surface area (Å²) in [5, 5.41) is 2.75. The Labute approximate surface area is 104 Å². The van der Waals surface area contributed by atoms with E-state index in [1.807, 2.05) is 0 Å². The van der Waals surface area contributed by atoms with Gasteiger partial charge in [-0.05, 0) is 13.0 Å². The van der Waals surface area contributed by atoms with E-state index in [0.717, 1.165) is 6.07 Å². The lowest BCUT2D eigenvalue weighted by Gasteiger charge is -2.18. The normalized spacial score (nSPS) is 12.3. The lowest BCUT2D eigenvalue weighted by atomic mass is 10.2. The molecule has 0 radical (unpaired) electrons. The predicted molar refractivity (Wildman–Crippen MR) is 61.3 cm³/mol. The number of amides is 1. The summed E-state index contributed by atoms with van der Waals surface area (Å²) in [6.07, 6.45) is 0. The molecular weight excluding hydrogens is 245 g/mol. The average molecular weight is 260 g/mol. The molecule has 0 spiro atoms. The second kappa shape index (κ2) is 5.86. The first kappa shape index (κ1) is 14.5. The number of hydrogen-bond acceptors (Lipinski definition) is 2. The highest BCUT2D eigenvalue weighted by Gasteiger charge is 2.15. The number of halogens is 3. The third-order valence-corrected chi connectivity index (χ3v) is 2.50. The third kappa shape index (κ3) is 3.46. The fourth-order valence-corrected chi connectivity index (χ4v) is 1.44. The van der Waals surface area contributed by atoms with Crippen LogP contribution in [0.4, 0.5) is 13.2 Å². The minimum atomic E-state index is -1.23. The molecule has 0 bridgehead atoms.